The van der Waals surface area contributed by atoms with E-state index in [-0.39, 0.29) is 18.6 Å². The Bertz CT molecular complexity index is 865. The molecule has 0 fully saturated rings. The van der Waals surface area contributed by atoms with Gasteiger partial charge in [0.2, 0.25) is 0 Å². The molecule has 3 rings (SSSR count). The normalized spacial score (nSPS) is 11.0. The van der Waals surface area contributed by atoms with Gasteiger partial charge in [-0.1, -0.05) is 56.3 Å². The lowest BCUT2D eigenvalue weighted by Crippen LogP contribution is -2.14. The number of rotatable bonds is 6. The molecule has 5 heteroatoms. The Kier molecular flexibility index (Phi) is 8.18. The molecule has 0 bridgehead atoms. The molecule has 0 radical (unpaired) electrons. The number of carbonyl (C=O) groups excluding carboxylic acids is 1. The van der Waals surface area contributed by atoms with E-state index in [1.165, 1.54) is 7.11 Å². The molecule has 0 aliphatic carbocycles. The number of nitrogens with zero attached hydrogens (tertiary/aromatic N) is 1. The number of methoxy groups -OCH3 is 1. The van der Waals surface area contributed by atoms with Gasteiger partial charge in [0.25, 0.3) is 0 Å². The molecule has 0 saturated heterocycles. The zero-order valence-corrected chi connectivity index (χ0v) is 16.4. The maximum Gasteiger partial charge on any atom is 0.337 e. The topological polar surface area (TPSA) is 71.5 Å². The third-order valence-electron chi connectivity index (χ3n) is 4.10. The van der Waals surface area contributed by atoms with Gasteiger partial charge >= 0.3 is 5.97 Å². The van der Waals surface area contributed by atoms with Crippen molar-refractivity contribution in [1.82, 2.24) is 4.98 Å². The Hall–Kier alpha value is -3.18. The molecular weight excluding hydrogens is 352 g/mol. The lowest BCUT2D eigenvalue weighted by molar-refractivity contribution is 0.0600. The van der Waals surface area contributed by atoms with Crippen molar-refractivity contribution in [3.05, 3.63) is 84.2 Å². The zero-order valence-electron chi connectivity index (χ0n) is 16.4. The maximum atomic E-state index is 11.5. The first-order valence-electron chi connectivity index (χ1n) is 9.27. The monoisotopic (exact) mass is 378 g/mol. The van der Waals surface area contributed by atoms with Crippen molar-refractivity contribution in [1.29, 1.82) is 0 Å². The maximum absolute atomic E-state index is 11.5. The summed E-state index contributed by atoms with van der Waals surface area (Å²) >= 11 is 0. The second kappa shape index (κ2) is 10.8. The van der Waals surface area contributed by atoms with Crippen LogP contribution in [0.3, 0.4) is 0 Å². The van der Waals surface area contributed by atoms with E-state index in [2.05, 4.69) is 10.3 Å². The molecule has 1 heterocycles. The number of pyridine rings is 1. The van der Waals surface area contributed by atoms with Crippen LogP contribution in [0.15, 0.2) is 73.1 Å². The molecule has 1 unspecified atom stereocenters. The smallest absolute Gasteiger partial charge is 0.337 e. The zero-order chi connectivity index (χ0) is 20.4. The summed E-state index contributed by atoms with van der Waals surface area (Å²) in [5.41, 5.74) is 4.17. The molecule has 0 aliphatic rings. The number of aliphatic hydroxyl groups excluding tert-OH is 1. The second-order valence-corrected chi connectivity index (χ2v) is 5.82. The number of benzene rings is 2. The number of nitrogens with one attached hydrogen (secondary N) is 1. The lowest BCUT2D eigenvalue weighted by Gasteiger charge is -2.18. The number of anilines is 1. The molecule has 1 aromatic heterocycles. The SMILES string of the molecule is CC.COC(=O)c1ccc(-c2cncc(NC(CO)c3ccccc3)c2)cc1. The first-order chi connectivity index (χ1) is 13.7. The Labute approximate surface area is 166 Å². The fourth-order valence-corrected chi connectivity index (χ4v) is 2.71. The number of hydrogen-bond acceptors (Lipinski definition) is 5. The van der Waals surface area contributed by atoms with Crippen LogP contribution < -0.4 is 5.32 Å². The summed E-state index contributed by atoms with van der Waals surface area (Å²) in [7, 11) is 1.36. The van der Waals surface area contributed by atoms with Gasteiger partial charge in [0.15, 0.2) is 0 Å². The molecule has 0 amide bonds. The van der Waals surface area contributed by atoms with Crippen molar-refractivity contribution < 1.29 is 14.6 Å². The minimum absolute atomic E-state index is 0.0257. The van der Waals surface area contributed by atoms with Gasteiger partial charge in [0.05, 0.1) is 31.0 Å². The summed E-state index contributed by atoms with van der Waals surface area (Å²) in [5, 5.41) is 13.0. The van der Waals surface area contributed by atoms with Crippen molar-refractivity contribution >= 4 is 11.7 Å². The highest BCUT2D eigenvalue weighted by molar-refractivity contribution is 5.90. The van der Waals surface area contributed by atoms with Crippen molar-refractivity contribution in [2.75, 3.05) is 19.0 Å². The van der Waals surface area contributed by atoms with E-state index < -0.39 is 0 Å². The second-order valence-electron chi connectivity index (χ2n) is 5.82. The number of aromatic nitrogens is 1. The first-order valence-corrected chi connectivity index (χ1v) is 9.27. The van der Waals surface area contributed by atoms with Crippen LogP contribution in [0.1, 0.15) is 35.8 Å². The minimum atomic E-state index is -0.362. The van der Waals surface area contributed by atoms with E-state index in [0.29, 0.717) is 5.56 Å². The molecule has 5 nitrogen and oxygen atoms in total. The predicted octanol–water partition coefficient (Wildman–Crippen LogP) is 4.71. The highest BCUT2D eigenvalue weighted by Crippen LogP contribution is 2.25. The van der Waals surface area contributed by atoms with Gasteiger partial charge in [-0.2, -0.15) is 0 Å². The molecule has 0 aliphatic heterocycles. The number of aliphatic hydroxyl groups is 1. The van der Waals surface area contributed by atoms with Crippen LogP contribution in [-0.4, -0.2) is 29.8 Å². The van der Waals surface area contributed by atoms with Gasteiger partial charge in [-0.15, -0.1) is 0 Å². The van der Waals surface area contributed by atoms with Crippen molar-refractivity contribution in [2.24, 2.45) is 0 Å². The molecule has 0 saturated carbocycles. The number of hydrogen-bond donors (Lipinski definition) is 2. The standard InChI is InChI=1S/C21H20N2O3.C2H6/c1-26-21(25)17-9-7-15(8-10-17)18-11-19(13-22-12-18)23-20(14-24)16-5-3-2-4-6-16;1-2/h2-13,20,23-24H,14H2,1H3;1-2H3. The molecular formula is C23H26N2O3. The van der Waals surface area contributed by atoms with Crippen molar-refractivity contribution in [3.8, 4) is 11.1 Å². The van der Waals surface area contributed by atoms with Gasteiger partial charge in [0.1, 0.15) is 0 Å². The summed E-state index contributed by atoms with van der Waals surface area (Å²) in [6.07, 6.45) is 3.48. The van der Waals surface area contributed by atoms with Crippen LogP contribution in [0, 0.1) is 0 Å². The van der Waals surface area contributed by atoms with Crippen molar-refractivity contribution in [3.63, 3.8) is 0 Å². The molecule has 3 aromatic rings. The Morgan fingerprint density at radius 2 is 1.71 bits per heavy atom. The number of carbonyl (C=O) groups is 1. The molecule has 0 spiro atoms. The molecule has 2 N–H and O–H groups in total. The van der Waals surface area contributed by atoms with Crippen LogP contribution in [0.2, 0.25) is 0 Å². The fourth-order valence-electron chi connectivity index (χ4n) is 2.71. The van der Waals surface area contributed by atoms with Crippen LogP contribution in [-0.2, 0) is 4.74 Å². The van der Waals surface area contributed by atoms with Crippen LogP contribution in [0.5, 0.6) is 0 Å². The quantitative estimate of drug-likeness (QED) is 0.608. The van der Waals surface area contributed by atoms with Gasteiger partial charge in [-0.25, -0.2) is 4.79 Å². The van der Waals surface area contributed by atoms with E-state index in [0.717, 1.165) is 22.4 Å². The van der Waals surface area contributed by atoms with Gasteiger partial charge in [-0.05, 0) is 29.3 Å². The summed E-state index contributed by atoms with van der Waals surface area (Å²) < 4.78 is 4.71. The van der Waals surface area contributed by atoms with Crippen LogP contribution >= 0.6 is 0 Å². The largest absolute Gasteiger partial charge is 0.465 e. The number of esters is 1. The van der Waals surface area contributed by atoms with E-state index in [9.17, 15) is 9.90 Å². The first kappa shape index (κ1) is 21.1. The van der Waals surface area contributed by atoms with E-state index >= 15 is 0 Å². The third kappa shape index (κ3) is 5.41. The number of ether oxygens (including phenoxy) is 1. The van der Waals surface area contributed by atoms with Gasteiger partial charge in [0, 0.05) is 18.0 Å². The van der Waals surface area contributed by atoms with E-state index in [1.807, 2.05) is 62.4 Å². The average Bonchev–Trinajstić information content (AvgIpc) is 2.79. The lowest BCUT2D eigenvalue weighted by atomic mass is 10.0. The summed E-state index contributed by atoms with van der Waals surface area (Å²) in [6.45, 7) is 3.97. The van der Waals surface area contributed by atoms with Gasteiger partial charge in [-0.3, -0.25) is 4.98 Å². The predicted molar refractivity (Wildman–Crippen MR) is 112 cm³/mol. The van der Waals surface area contributed by atoms with Crippen LogP contribution in [0.4, 0.5) is 5.69 Å². The molecule has 146 valence electrons. The molecule has 2 aromatic carbocycles. The third-order valence-corrected chi connectivity index (χ3v) is 4.10. The van der Waals surface area contributed by atoms with E-state index in [1.54, 1.807) is 24.5 Å². The summed E-state index contributed by atoms with van der Waals surface area (Å²) in [5.74, 6) is -0.362. The van der Waals surface area contributed by atoms with Crippen LogP contribution in [0.25, 0.3) is 11.1 Å². The molecule has 28 heavy (non-hydrogen) atoms. The van der Waals surface area contributed by atoms with E-state index in [4.69, 9.17) is 4.74 Å². The average molecular weight is 378 g/mol. The summed E-state index contributed by atoms with van der Waals surface area (Å²) in [4.78, 5) is 15.8. The highest BCUT2D eigenvalue weighted by Gasteiger charge is 2.11. The summed E-state index contributed by atoms with van der Waals surface area (Å²) in [6, 6.07) is 18.7. The van der Waals surface area contributed by atoms with Crippen molar-refractivity contribution in [2.45, 2.75) is 19.9 Å². The van der Waals surface area contributed by atoms with Gasteiger partial charge < -0.3 is 15.2 Å². The Balaban J connectivity index is 0.00000136. The highest BCUT2D eigenvalue weighted by atomic mass is 16.5. The molecule has 1 atom stereocenters. The Morgan fingerprint density at radius 1 is 1.04 bits per heavy atom. The minimum Gasteiger partial charge on any atom is -0.465 e. The fraction of sp³-hybridized carbons (Fsp3) is 0.217. The Morgan fingerprint density at radius 3 is 2.32 bits per heavy atom.